The zero-order valence-corrected chi connectivity index (χ0v) is 16.3. The second-order valence-electron chi connectivity index (χ2n) is 6.45. The van der Waals surface area contributed by atoms with Crippen molar-refractivity contribution >= 4 is 17.6 Å². The van der Waals surface area contributed by atoms with Crippen LogP contribution < -0.4 is 25.4 Å². The van der Waals surface area contributed by atoms with Crippen LogP contribution in [0, 0.1) is 6.92 Å². The van der Waals surface area contributed by atoms with Crippen molar-refractivity contribution in [2.75, 3.05) is 19.5 Å². The fourth-order valence-electron chi connectivity index (χ4n) is 3.24. The van der Waals surface area contributed by atoms with E-state index >= 15 is 0 Å². The summed E-state index contributed by atoms with van der Waals surface area (Å²) in [6.45, 7) is 3.65. The summed E-state index contributed by atoms with van der Waals surface area (Å²) < 4.78 is 10.6. The number of nitrogens with one attached hydrogen (secondary N) is 3. The van der Waals surface area contributed by atoms with Crippen LogP contribution in [0.3, 0.4) is 0 Å². The molecule has 3 rings (SSSR count). The molecule has 0 aromatic heterocycles. The van der Waals surface area contributed by atoms with Crippen LogP contribution in [0.1, 0.15) is 24.1 Å². The molecule has 3 N–H and O–H groups in total. The van der Waals surface area contributed by atoms with Gasteiger partial charge in [-0.3, -0.25) is 4.79 Å². The quantitative estimate of drug-likeness (QED) is 0.742. The molecule has 1 unspecified atom stereocenters. The lowest BCUT2D eigenvalue weighted by molar-refractivity contribution is -0.113. The molecule has 7 nitrogen and oxygen atoms in total. The van der Waals surface area contributed by atoms with E-state index in [1.165, 1.54) is 7.11 Å². The molecule has 0 saturated carbocycles. The molecule has 1 heterocycles. The molecular formula is C21H23N3O4. The maximum absolute atomic E-state index is 13.2. The number of rotatable bonds is 5. The van der Waals surface area contributed by atoms with Crippen molar-refractivity contribution in [1.82, 2.24) is 10.6 Å². The van der Waals surface area contributed by atoms with Crippen molar-refractivity contribution in [2.24, 2.45) is 0 Å². The van der Waals surface area contributed by atoms with Gasteiger partial charge in [0.1, 0.15) is 11.5 Å². The molecule has 1 aliphatic heterocycles. The van der Waals surface area contributed by atoms with Crippen LogP contribution in [0.15, 0.2) is 53.7 Å². The van der Waals surface area contributed by atoms with Crippen LogP contribution >= 0.6 is 0 Å². The highest BCUT2D eigenvalue weighted by molar-refractivity contribution is 6.07. The third-order valence-corrected chi connectivity index (χ3v) is 4.67. The van der Waals surface area contributed by atoms with E-state index in [4.69, 9.17) is 9.47 Å². The Bertz CT molecular complexity index is 952. The largest absolute Gasteiger partial charge is 0.497 e. The van der Waals surface area contributed by atoms with Gasteiger partial charge >= 0.3 is 6.03 Å². The number of allylic oxidation sites excluding steroid dienone is 1. The first-order valence-electron chi connectivity index (χ1n) is 8.81. The van der Waals surface area contributed by atoms with E-state index in [1.807, 2.05) is 31.2 Å². The maximum atomic E-state index is 13.2. The minimum Gasteiger partial charge on any atom is -0.497 e. The molecule has 0 saturated heterocycles. The van der Waals surface area contributed by atoms with Crippen LogP contribution in [0.2, 0.25) is 0 Å². The molecule has 0 fully saturated rings. The average Bonchev–Trinajstić information content (AvgIpc) is 2.67. The summed E-state index contributed by atoms with van der Waals surface area (Å²) in [5.74, 6) is 0.754. The monoisotopic (exact) mass is 381 g/mol. The Morgan fingerprint density at radius 1 is 1.07 bits per heavy atom. The second kappa shape index (κ2) is 8.04. The molecule has 0 bridgehead atoms. The van der Waals surface area contributed by atoms with E-state index < -0.39 is 6.04 Å². The van der Waals surface area contributed by atoms with E-state index in [2.05, 4.69) is 16.0 Å². The number of ether oxygens (including phenoxy) is 2. The minimum absolute atomic E-state index is 0.343. The smallest absolute Gasteiger partial charge is 0.319 e. The van der Waals surface area contributed by atoms with Crippen LogP contribution in [0.5, 0.6) is 11.5 Å². The average molecular weight is 381 g/mol. The third-order valence-electron chi connectivity index (χ3n) is 4.67. The summed E-state index contributed by atoms with van der Waals surface area (Å²) in [5, 5.41) is 8.40. The predicted molar refractivity (Wildman–Crippen MR) is 106 cm³/mol. The fourth-order valence-corrected chi connectivity index (χ4v) is 3.24. The molecular weight excluding hydrogens is 358 g/mol. The number of hydrogen-bond acceptors (Lipinski definition) is 4. The highest BCUT2D eigenvalue weighted by atomic mass is 16.5. The summed E-state index contributed by atoms with van der Waals surface area (Å²) in [7, 11) is 3.08. The number of carbonyl (C=O) groups excluding carboxylic acids is 2. The van der Waals surface area contributed by atoms with Gasteiger partial charge in [0.05, 0.1) is 31.5 Å². The lowest BCUT2D eigenvalue weighted by Gasteiger charge is -2.29. The zero-order valence-electron chi connectivity index (χ0n) is 16.3. The van der Waals surface area contributed by atoms with Crippen molar-refractivity contribution in [3.8, 4) is 11.5 Å². The lowest BCUT2D eigenvalue weighted by atomic mass is 9.92. The number of carbonyl (C=O) groups is 2. The van der Waals surface area contributed by atoms with E-state index in [-0.39, 0.29) is 11.9 Å². The van der Waals surface area contributed by atoms with Crippen LogP contribution in [-0.2, 0) is 4.79 Å². The van der Waals surface area contributed by atoms with Gasteiger partial charge in [-0.2, -0.15) is 0 Å². The molecule has 1 atom stereocenters. The SMILES string of the molecule is COc1ccc(OC)c(NC(=O)C2=C(C)NC(=O)NC2c2ccccc2C)c1. The number of methoxy groups -OCH3 is 2. The van der Waals surface area contributed by atoms with Gasteiger partial charge in [-0.25, -0.2) is 4.79 Å². The van der Waals surface area contributed by atoms with Crippen molar-refractivity contribution in [1.29, 1.82) is 0 Å². The Kier molecular flexibility index (Phi) is 5.54. The normalized spacial score (nSPS) is 16.1. The number of amides is 3. The van der Waals surface area contributed by atoms with Gasteiger partial charge in [0.15, 0.2) is 0 Å². The molecule has 2 aromatic carbocycles. The molecule has 0 spiro atoms. The topological polar surface area (TPSA) is 88.7 Å². The predicted octanol–water partition coefficient (Wildman–Crippen LogP) is 3.28. The summed E-state index contributed by atoms with van der Waals surface area (Å²) in [6.07, 6.45) is 0. The van der Waals surface area contributed by atoms with E-state index in [0.717, 1.165) is 11.1 Å². The van der Waals surface area contributed by atoms with Crippen LogP contribution in [0.4, 0.5) is 10.5 Å². The molecule has 1 aliphatic rings. The summed E-state index contributed by atoms with van der Waals surface area (Å²) in [6, 6.07) is 11.9. The van der Waals surface area contributed by atoms with Gasteiger partial charge < -0.3 is 25.4 Å². The van der Waals surface area contributed by atoms with Gasteiger partial charge in [0.25, 0.3) is 5.91 Å². The maximum Gasteiger partial charge on any atom is 0.319 e. The summed E-state index contributed by atoms with van der Waals surface area (Å²) >= 11 is 0. The first kappa shape index (κ1) is 19.3. The van der Waals surface area contributed by atoms with Crippen LogP contribution in [0.25, 0.3) is 0 Å². The number of hydrogen-bond donors (Lipinski definition) is 3. The van der Waals surface area contributed by atoms with Gasteiger partial charge in [-0.05, 0) is 37.1 Å². The van der Waals surface area contributed by atoms with E-state index in [1.54, 1.807) is 32.2 Å². The first-order valence-corrected chi connectivity index (χ1v) is 8.81. The Morgan fingerprint density at radius 2 is 1.82 bits per heavy atom. The summed E-state index contributed by atoms with van der Waals surface area (Å²) in [5.41, 5.74) is 3.24. The Hall–Kier alpha value is -3.48. The highest BCUT2D eigenvalue weighted by Crippen LogP contribution is 2.33. The number of aryl methyl sites for hydroxylation is 1. The first-order chi connectivity index (χ1) is 13.4. The molecule has 7 heteroatoms. The standard InChI is InChI=1S/C21H23N3O4/c1-12-7-5-6-8-15(12)19-18(13(2)22-21(26)24-19)20(25)23-16-11-14(27-3)9-10-17(16)28-4/h5-11,19H,1-4H3,(H,23,25)(H2,22,24,26). The Morgan fingerprint density at radius 3 is 2.50 bits per heavy atom. The lowest BCUT2D eigenvalue weighted by Crippen LogP contribution is -2.46. The molecule has 2 aromatic rings. The molecule has 28 heavy (non-hydrogen) atoms. The van der Waals surface area contributed by atoms with Crippen molar-refractivity contribution in [3.05, 3.63) is 64.9 Å². The number of anilines is 1. The van der Waals surface area contributed by atoms with Crippen molar-refractivity contribution < 1.29 is 19.1 Å². The summed E-state index contributed by atoms with van der Waals surface area (Å²) in [4.78, 5) is 25.2. The van der Waals surface area contributed by atoms with E-state index in [9.17, 15) is 9.59 Å². The van der Waals surface area contributed by atoms with Gasteiger partial charge in [0, 0.05) is 11.8 Å². The van der Waals surface area contributed by atoms with E-state index in [0.29, 0.717) is 28.5 Å². The Labute approximate surface area is 163 Å². The molecule has 0 aliphatic carbocycles. The van der Waals surface area contributed by atoms with Crippen LogP contribution in [-0.4, -0.2) is 26.2 Å². The number of benzene rings is 2. The van der Waals surface area contributed by atoms with Crippen molar-refractivity contribution in [2.45, 2.75) is 19.9 Å². The fraction of sp³-hybridized carbons (Fsp3) is 0.238. The minimum atomic E-state index is -0.563. The van der Waals surface area contributed by atoms with Gasteiger partial charge in [-0.15, -0.1) is 0 Å². The van der Waals surface area contributed by atoms with Gasteiger partial charge in [0.2, 0.25) is 0 Å². The van der Waals surface area contributed by atoms with Crippen molar-refractivity contribution in [3.63, 3.8) is 0 Å². The molecule has 0 radical (unpaired) electrons. The highest BCUT2D eigenvalue weighted by Gasteiger charge is 2.32. The Balaban J connectivity index is 2.00. The third kappa shape index (κ3) is 3.78. The van der Waals surface area contributed by atoms with Gasteiger partial charge in [-0.1, -0.05) is 24.3 Å². The zero-order chi connectivity index (χ0) is 20.3. The molecule has 3 amide bonds. The number of urea groups is 1. The molecule has 146 valence electrons. The second-order valence-corrected chi connectivity index (χ2v) is 6.45.